The zero-order valence-corrected chi connectivity index (χ0v) is 85.4. The number of carbonyl (C=O) groups excluding carboxylic acids is 5. The molecule has 9 aromatic carbocycles. The summed E-state index contributed by atoms with van der Waals surface area (Å²) in [5.74, 6) is -1.86. The zero-order chi connectivity index (χ0) is 98.1. The van der Waals surface area contributed by atoms with Gasteiger partial charge in [-0.1, -0.05) is 200 Å². The van der Waals surface area contributed by atoms with Gasteiger partial charge in [0.1, 0.15) is 75.0 Å². The summed E-state index contributed by atoms with van der Waals surface area (Å²) in [6.07, 6.45) is 4.97. The second-order valence-electron chi connectivity index (χ2n) is 27.9. The number of nitrogens with zero attached hydrogens (tertiary/aromatic N) is 2. The number of phenolic OH excluding ortho intramolecular Hbond substituents is 4. The van der Waals surface area contributed by atoms with Crippen LogP contribution in [0, 0.1) is 0 Å². The van der Waals surface area contributed by atoms with Gasteiger partial charge in [-0.25, -0.2) is 29.5 Å². The number of rotatable bonds is 35. The molecule has 9 rings (SSSR count). The highest BCUT2D eigenvalue weighted by Gasteiger charge is 2.38. The molecule has 0 saturated carbocycles. The van der Waals surface area contributed by atoms with Crippen molar-refractivity contribution >= 4 is 133 Å². The molecular formula is C90H122BrCl4N5O24P6. The molecule has 10 unspecified atom stereocenters. The Morgan fingerprint density at radius 2 is 0.723 bits per heavy atom. The molecule has 0 aliphatic heterocycles. The van der Waals surface area contributed by atoms with Crippen LogP contribution in [0.15, 0.2) is 255 Å². The molecule has 716 valence electrons. The van der Waals surface area contributed by atoms with E-state index in [0.717, 1.165) is 36.8 Å². The number of aromatic hydroxyl groups is 4. The summed E-state index contributed by atoms with van der Waals surface area (Å²) >= 11 is 24.3. The molecule has 0 aliphatic rings. The number of halogens is 5. The van der Waals surface area contributed by atoms with E-state index in [-0.39, 0.29) is 53.3 Å². The van der Waals surface area contributed by atoms with Crippen LogP contribution >= 0.6 is 103 Å². The SMILES string of the molecule is CCCCOC(=O)C(Br)Cc1ccccc1.CCCCOC(=O)C(C)NP(C)(=O)Oc1ccccc1.CCOC(=O)C(Cc1ccc(O)cc1)NC.CCOC(=O)C(c1ccc(O)cc1)N(C)P(C)(=O)Cl.CCOC(=O)C(c1ccc(O)cc1)N(C)P(C)(=O)Oc1ccccc1.CP(=O)(Cl)Cl.CP(=O)(Cl)Oc1ccccc1.CP(N)(=O)Oc1ccccc1.Oc1ccccc1. The number of carbonyl (C=O) groups is 5. The molecule has 0 heterocycles. The monoisotopic (exact) mass is 2060 g/mol. The number of hydrogen-bond acceptors (Lipinski definition) is 25. The van der Waals surface area contributed by atoms with Gasteiger partial charge in [-0.15, -0.1) is 0 Å². The maximum absolute atomic E-state index is 13.1. The first kappa shape index (κ1) is 120. The lowest BCUT2D eigenvalue weighted by Crippen LogP contribution is -2.37. The molecule has 0 aliphatic carbocycles. The average Bonchev–Trinajstić information content (AvgIpc) is 0.801. The van der Waals surface area contributed by atoms with Gasteiger partial charge in [0.25, 0.3) is 0 Å². The summed E-state index contributed by atoms with van der Waals surface area (Å²) < 4.78 is 118. The van der Waals surface area contributed by atoms with E-state index in [2.05, 4.69) is 33.3 Å². The van der Waals surface area contributed by atoms with Gasteiger partial charge in [0.05, 0.1) is 33.0 Å². The van der Waals surface area contributed by atoms with E-state index in [1.54, 1.807) is 212 Å². The number of alkyl halides is 1. The molecule has 0 radical (unpaired) electrons. The largest absolute Gasteiger partial charge is 0.508 e. The Balaban J connectivity index is 0.000000751. The molecule has 130 heavy (non-hydrogen) atoms. The number of ether oxygens (including phenoxy) is 5. The number of para-hydroxylation sites is 5. The lowest BCUT2D eigenvalue weighted by molar-refractivity contribution is -0.148. The van der Waals surface area contributed by atoms with Crippen molar-refractivity contribution in [1.82, 2.24) is 19.7 Å². The van der Waals surface area contributed by atoms with Gasteiger partial charge < -0.3 is 67.5 Å². The summed E-state index contributed by atoms with van der Waals surface area (Å²) in [5.41, 5.74) is 8.42. The summed E-state index contributed by atoms with van der Waals surface area (Å²) in [6.45, 7) is 14.8. The Hall–Kier alpha value is -8.45. The van der Waals surface area contributed by atoms with E-state index in [4.69, 9.17) is 102 Å². The fraction of sp³-hybridized carbons (Fsp3) is 0.344. The number of benzene rings is 9. The van der Waals surface area contributed by atoms with Crippen molar-refractivity contribution in [1.29, 1.82) is 0 Å². The summed E-state index contributed by atoms with van der Waals surface area (Å²) in [5, 5.41) is 42.1. The van der Waals surface area contributed by atoms with Crippen molar-refractivity contribution in [2.45, 2.75) is 109 Å². The maximum Gasteiger partial charge on any atom is 0.333 e. The van der Waals surface area contributed by atoms with E-state index in [1.807, 2.05) is 67.6 Å². The molecule has 0 amide bonds. The smallest absolute Gasteiger partial charge is 0.333 e. The number of hydrogen-bond donors (Lipinski definition) is 7. The van der Waals surface area contributed by atoms with Crippen molar-refractivity contribution in [2.75, 3.05) is 94.2 Å². The van der Waals surface area contributed by atoms with Gasteiger partial charge >= 0.3 is 59.1 Å². The molecule has 9 aromatic rings. The highest BCUT2D eigenvalue weighted by atomic mass is 79.9. The van der Waals surface area contributed by atoms with Crippen molar-refractivity contribution in [3.8, 4) is 46.0 Å². The van der Waals surface area contributed by atoms with Crippen LogP contribution in [0.2, 0.25) is 0 Å². The van der Waals surface area contributed by atoms with E-state index in [0.29, 0.717) is 72.5 Å². The molecule has 8 N–H and O–H groups in total. The minimum atomic E-state index is -3.35. The Bertz CT molecular complexity index is 4910. The molecule has 0 aromatic heterocycles. The minimum absolute atomic E-state index is 0.0780. The Morgan fingerprint density at radius 3 is 1.06 bits per heavy atom. The predicted molar refractivity (Wildman–Crippen MR) is 524 cm³/mol. The molecule has 29 nitrogen and oxygen atoms in total. The van der Waals surface area contributed by atoms with Crippen LogP contribution in [-0.2, 0) is 87.9 Å². The van der Waals surface area contributed by atoms with Gasteiger partial charge in [-0.05, 0) is 239 Å². The number of esters is 5. The van der Waals surface area contributed by atoms with E-state index in [9.17, 15) is 61.6 Å². The van der Waals surface area contributed by atoms with Crippen molar-refractivity contribution in [3.63, 3.8) is 0 Å². The summed E-state index contributed by atoms with van der Waals surface area (Å²) in [6, 6.07) is 70.1. The van der Waals surface area contributed by atoms with Gasteiger partial charge in [0.2, 0.25) is 12.5 Å². The van der Waals surface area contributed by atoms with Crippen LogP contribution in [0.3, 0.4) is 0 Å². The van der Waals surface area contributed by atoms with Crippen LogP contribution in [-0.4, -0.2) is 171 Å². The van der Waals surface area contributed by atoms with Crippen LogP contribution < -0.4 is 34.0 Å². The molecule has 10 atom stereocenters. The third-order valence-corrected chi connectivity index (χ3v) is 23.7. The highest BCUT2D eigenvalue weighted by molar-refractivity contribution is 9.10. The van der Waals surface area contributed by atoms with Crippen molar-refractivity contribution in [2.24, 2.45) is 5.50 Å². The number of phenols is 4. The lowest BCUT2D eigenvalue weighted by Gasteiger charge is -2.31. The maximum atomic E-state index is 13.1. The van der Waals surface area contributed by atoms with Crippen LogP contribution in [0.25, 0.3) is 0 Å². The minimum Gasteiger partial charge on any atom is -0.508 e. The first-order chi connectivity index (χ1) is 61.0. The van der Waals surface area contributed by atoms with E-state index >= 15 is 0 Å². The van der Waals surface area contributed by atoms with E-state index < -0.39 is 77.8 Å². The zero-order valence-electron chi connectivity index (χ0n) is 75.4. The Kier molecular flexibility index (Phi) is 59.2. The third-order valence-electron chi connectivity index (χ3n) is 16.2. The molecular weight excluding hydrogens is 1940 g/mol. The summed E-state index contributed by atoms with van der Waals surface area (Å²) in [7, 11) is -4.57. The van der Waals surface area contributed by atoms with Crippen molar-refractivity contribution in [3.05, 3.63) is 277 Å². The summed E-state index contributed by atoms with van der Waals surface area (Å²) in [4.78, 5) is 59.0. The Morgan fingerprint density at radius 1 is 0.408 bits per heavy atom. The first-order valence-electron chi connectivity index (χ1n) is 40.6. The van der Waals surface area contributed by atoms with E-state index in [1.165, 1.54) is 80.6 Å². The average molecular weight is 2070 g/mol. The van der Waals surface area contributed by atoms with Crippen LogP contribution in [0.4, 0.5) is 0 Å². The van der Waals surface area contributed by atoms with Crippen LogP contribution in [0.1, 0.15) is 102 Å². The quantitative estimate of drug-likeness (QED) is 0.00638. The van der Waals surface area contributed by atoms with Gasteiger partial charge in [-0.2, -0.15) is 0 Å². The second-order valence-corrected chi connectivity index (χ2v) is 49.0. The third kappa shape index (κ3) is 57.1. The predicted octanol–water partition coefficient (Wildman–Crippen LogP) is 23.1. The standard InChI is InChI=1S/C18H22NO5P.C14H22NO4P.C13H17BrO2.C12H17ClNO4P.C12H17NO3.C7H8ClO2P.C7H10NO2P.C6H6O.CH3Cl2OP/c1-4-23-18(21)17(14-10-12-15(20)13-11-14)19(2)25(3,22)24-16-8-6-5-7-9-16;1-4-5-11-18-14(16)12(2)15-20(3,17)19-13-9-7-6-8-10-13;1-2-3-9-16-13(15)12(14)10-11-7-5-4-6-8-11;1-4-18-12(16)11(14(2)19(3,13)17)9-5-7-10(15)8-6-9;1-3-16-12(15)11(13-2)8-9-4-6-10(14)7-5-9;2*1-11(8,9)10-7-5-3-2-4-6-7;7-6-4-2-1-3-5-6;1-5(2,3)4/h5-13,17,20H,4H2,1-3H3;6-10,12H,4-5,11H2,1-3H3,(H,15,17);4-8,12H,2-3,9-10H2,1H3;5-8,11,15H,4H2,1-3H3;4-7,11,13-14H,3,8H2,1-2H3;2-6H,1H3;2-6H,1H3,(H2,8,9);1-5,7H;1H3. The number of nitrogens with one attached hydrogen (secondary N) is 2. The molecule has 0 saturated heterocycles. The molecule has 0 fully saturated rings. The van der Waals surface area contributed by atoms with Gasteiger partial charge in [0.15, 0.2) is 0 Å². The number of likely N-dealkylation sites (N-methyl/N-ethyl adjacent to an activating group) is 3. The fourth-order valence-corrected chi connectivity index (χ4v) is 15.4. The normalized spacial score (nSPS) is 14.0. The number of nitrogens with two attached hydrogens (primary N) is 1. The number of unbranched alkanes of at least 4 members (excludes halogenated alkanes) is 2. The van der Waals surface area contributed by atoms with Crippen molar-refractivity contribution < 1.29 is 114 Å². The van der Waals surface area contributed by atoms with Crippen LogP contribution in [0.5, 0.6) is 46.0 Å². The lowest BCUT2D eigenvalue weighted by atomic mass is 10.1. The molecule has 40 heteroatoms. The fourth-order valence-electron chi connectivity index (χ4n) is 9.99. The topological polar surface area (TPSA) is 408 Å². The molecule has 0 bridgehead atoms. The highest BCUT2D eigenvalue weighted by Crippen LogP contribution is 2.55. The molecule has 0 spiro atoms. The Labute approximate surface area is 792 Å². The van der Waals surface area contributed by atoms with Gasteiger partial charge in [-0.3, -0.25) is 41.8 Å². The second kappa shape index (κ2) is 64.4. The van der Waals surface area contributed by atoms with Gasteiger partial charge in [0, 0.05) is 40.0 Å². The first-order valence-corrected chi connectivity index (χ1v) is 57.7.